The molecule has 0 aliphatic carbocycles. The van der Waals surface area contributed by atoms with Crippen molar-refractivity contribution in [1.29, 1.82) is 0 Å². The van der Waals surface area contributed by atoms with Gasteiger partial charge in [0.05, 0.1) is 5.92 Å². The molecule has 1 unspecified atom stereocenters. The number of carbonyl (C=O) groups excluding carboxylic acids is 1. The molecule has 0 bridgehead atoms. The second-order valence-corrected chi connectivity index (χ2v) is 5.84. The molecule has 6 nitrogen and oxygen atoms in total. The van der Waals surface area contributed by atoms with Crippen LogP contribution in [0.25, 0.3) is 0 Å². The number of aliphatic carboxylic acids is 1. The van der Waals surface area contributed by atoms with Gasteiger partial charge in [0.1, 0.15) is 0 Å². The van der Waals surface area contributed by atoms with Gasteiger partial charge in [0.25, 0.3) is 0 Å². The topological polar surface area (TPSA) is 72.9 Å². The molecule has 0 aromatic rings. The lowest BCUT2D eigenvalue weighted by atomic mass is 10.1. The Morgan fingerprint density at radius 3 is 2.45 bits per heavy atom. The number of carboxylic acid groups (broad SMARTS) is 1. The number of hydrogen-bond donors (Lipinski definition) is 2. The van der Waals surface area contributed by atoms with Crippen LogP contribution in [0.4, 0.5) is 4.79 Å². The van der Waals surface area contributed by atoms with Gasteiger partial charge in [0.2, 0.25) is 0 Å². The summed E-state index contributed by atoms with van der Waals surface area (Å²) >= 11 is 0. The summed E-state index contributed by atoms with van der Waals surface area (Å²) < 4.78 is 0. The standard InChI is InChI=1S/C14H25N3O3/c1-2-6-16-7-4-12(5-8-16)15-14(20)17-9-3-11(10-17)13(18)19/h11-12H,2-10H2,1H3,(H,15,20)(H,18,19). The Balaban J connectivity index is 1.72. The number of carboxylic acids is 1. The highest BCUT2D eigenvalue weighted by molar-refractivity contribution is 5.77. The molecule has 2 aliphatic heterocycles. The van der Waals surface area contributed by atoms with Crippen LogP contribution in [0.15, 0.2) is 0 Å². The van der Waals surface area contributed by atoms with E-state index in [2.05, 4.69) is 17.1 Å². The predicted octanol–water partition coefficient (Wildman–Crippen LogP) is 0.977. The molecule has 114 valence electrons. The van der Waals surface area contributed by atoms with Gasteiger partial charge in [0.15, 0.2) is 0 Å². The third kappa shape index (κ3) is 3.85. The second-order valence-electron chi connectivity index (χ2n) is 5.84. The zero-order valence-electron chi connectivity index (χ0n) is 12.2. The molecule has 1 atom stereocenters. The molecule has 2 N–H and O–H groups in total. The highest BCUT2D eigenvalue weighted by atomic mass is 16.4. The summed E-state index contributed by atoms with van der Waals surface area (Å²) in [6.45, 7) is 6.29. The summed E-state index contributed by atoms with van der Waals surface area (Å²) in [7, 11) is 0. The van der Waals surface area contributed by atoms with Crippen LogP contribution in [-0.4, -0.2) is 65.7 Å². The van der Waals surface area contributed by atoms with E-state index in [1.54, 1.807) is 4.90 Å². The van der Waals surface area contributed by atoms with Gasteiger partial charge in [0, 0.05) is 32.2 Å². The molecule has 0 radical (unpaired) electrons. The molecular weight excluding hydrogens is 258 g/mol. The lowest BCUT2D eigenvalue weighted by molar-refractivity contribution is -0.141. The molecule has 2 aliphatic rings. The van der Waals surface area contributed by atoms with Crippen molar-refractivity contribution in [3.63, 3.8) is 0 Å². The van der Waals surface area contributed by atoms with Crippen LogP contribution < -0.4 is 5.32 Å². The highest BCUT2D eigenvalue weighted by Gasteiger charge is 2.32. The van der Waals surface area contributed by atoms with Crippen molar-refractivity contribution in [2.75, 3.05) is 32.7 Å². The lowest BCUT2D eigenvalue weighted by Crippen LogP contribution is -2.48. The van der Waals surface area contributed by atoms with E-state index in [-0.39, 0.29) is 12.1 Å². The third-order valence-electron chi connectivity index (χ3n) is 4.28. The minimum absolute atomic E-state index is 0.0947. The fraction of sp³-hybridized carbons (Fsp3) is 0.857. The Hall–Kier alpha value is -1.30. The highest BCUT2D eigenvalue weighted by Crippen LogP contribution is 2.17. The van der Waals surface area contributed by atoms with E-state index in [0.29, 0.717) is 19.5 Å². The number of amides is 2. The molecule has 0 aromatic carbocycles. The van der Waals surface area contributed by atoms with Crippen molar-refractivity contribution >= 4 is 12.0 Å². The van der Waals surface area contributed by atoms with Crippen LogP contribution in [0.1, 0.15) is 32.6 Å². The van der Waals surface area contributed by atoms with Gasteiger partial charge < -0.3 is 20.2 Å². The maximum atomic E-state index is 12.1. The Morgan fingerprint density at radius 2 is 1.90 bits per heavy atom. The quantitative estimate of drug-likeness (QED) is 0.806. The molecular formula is C14H25N3O3. The number of nitrogens with one attached hydrogen (secondary N) is 1. The SMILES string of the molecule is CCCN1CCC(NC(=O)N2CCC(C(=O)O)C2)CC1. The van der Waals surface area contributed by atoms with Gasteiger partial charge >= 0.3 is 12.0 Å². The van der Waals surface area contributed by atoms with E-state index in [0.717, 1.165) is 32.5 Å². The summed E-state index contributed by atoms with van der Waals surface area (Å²) in [5.41, 5.74) is 0. The first kappa shape index (κ1) is 15.1. The fourth-order valence-electron chi connectivity index (χ4n) is 3.03. The summed E-state index contributed by atoms with van der Waals surface area (Å²) in [6.07, 6.45) is 3.71. The first-order valence-corrected chi connectivity index (χ1v) is 7.60. The fourth-order valence-corrected chi connectivity index (χ4v) is 3.03. The largest absolute Gasteiger partial charge is 0.481 e. The molecule has 2 amide bonds. The van der Waals surface area contributed by atoms with Crippen molar-refractivity contribution < 1.29 is 14.7 Å². The van der Waals surface area contributed by atoms with E-state index in [1.807, 2.05) is 0 Å². The summed E-state index contributed by atoms with van der Waals surface area (Å²) in [4.78, 5) is 27.1. The molecule has 2 saturated heterocycles. The van der Waals surface area contributed by atoms with Crippen molar-refractivity contribution in [3.8, 4) is 0 Å². The van der Waals surface area contributed by atoms with Gasteiger partial charge in [-0.25, -0.2) is 4.79 Å². The minimum atomic E-state index is -0.798. The number of nitrogens with zero attached hydrogens (tertiary/aromatic N) is 2. The average molecular weight is 283 g/mol. The van der Waals surface area contributed by atoms with Crippen LogP contribution in [-0.2, 0) is 4.79 Å². The van der Waals surface area contributed by atoms with Gasteiger partial charge in [-0.3, -0.25) is 4.79 Å². The van der Waals surface area contributed by atoms with Crippen molar-refractivity contribution in [2.24, 2.45) is 5.92 Å². The predicted molar refractivity (Wildman–Crippen MR) is 75.6 cm³/mol. The second kappa shape index (κ2) is 6.92. The smallest absolute Gasteiger partial charge is 0.317 e. The third-order valence-corrected chi connectivity index (χ3v) is 4.28. The van der Waals surface area contributed by atoms with Crippen molar-refractivity contribution in [1.82, 2.24) is 15.1 Å². The maximum Gasteiger partial charge on any atom is 0.317 e. The Kier molecular flexibility index (Phi) is 5.23. The number of hydrogen-bond acceptors (Lipinski definition) is 3. The average Bonchev–Trinajstić information content (AvgIpc) is 2.91. The van der Waals surface area contributed by atoms with Gasteiger partial charge in [-0.2, -0.15) is 0 Å². The Bertz CT molecular complexity index is 354. The summed E-state index contributed by atoms with van der Waals surface area (Å²) in [5.74, 6) is -1.19. The van der Waals surface area contributed by atoms with E-state index >= 15 is 0 Å². The van der Waals surface area contributed by atoms with Gasteiger partial charge in [-0.15, -0.1) is 0 Å². The zero-order chi connectivity index (χ0) is 14.5. The Labute approximate surface area is 120 Å². The maximum absolute atomic E-state index is 12.1. The first-order valence-electron chi connectivity index (χ1n) is 7.60. The molecule has 2 fully saturated rings. The number of carbonyl (C=O) groups is 2. The monoisotopic (exact) mass is 283 g/mol. The van der Waals surface area contributed by atoms with Crippen molar-refractivity contribution in [2.45, 2.75) is 38.6 Å². The van der Waals surface area contributed by atoms with Gasteiger partial charge in [-0.1, -0.05) is 6.92 Å². The number of likely N-dealkylation sites (tertiary alicyclic amines) is 2. The van der Waals surface area contributed by atoms with E-state index in [9.17, 15) is 9.59 Å². The van der Waals surface area contributed by atoms with Crippen LogP contribution in [0.2, 0.25) is 0 Å². The van der Waals surface area contributed by atoms with Crippen LogP contribution in [0.3, 0.4) is 0 Å². The molecule has 20 heavy (non-hydrogen) atoms. The molecule has 0 spiro atoms. The molecule has 0 saturated carbocycles. The molecule has 0 aromatic heterocycles. The van der Waals surface area contributed by atoms with E-state index in [1.165, 1.54) is 6.42 Å². The van der Waals surface area contributed by atoms with Crippen molar-refractivity contribution in [3.05, 3.63) is 0 Å². The summed E-state index contributed by atoms with van der Waals surface area (Å²) in [6, 6.07) is 0.141. The Morgan fingerprint density at radius 1 is 1.20 bits per heavy atom. The first-order chi connectivity index (χ1) is 9.60. The lowest BCUT2D eigenvalue weighted by Gasteiger charge is -2.33. The van der Waals surface area contributed by atoms with Crippen LogP contribution >= 0.6 is 0 Å². The normalized spacial score (nSPS) is 24.9. The number of rotatable bonds is 4. The van der Waals surface area contributed by atoms with E-state index in [4.69, 9.17) is 5.11 Å². The molecule has 2 rings (SSSR count). The molecule has 2 heterocycles. The minimum Gasteiger partial charge on any atom is -0.481 e. The zero-order valence-corrected chi connectivity index (χ0v) is 12.2. The summed E-state index contributed by atoms with van der Waals surface area (Å²) in [5, 5.41) is 12.0. The van der Waals surface area contributed by atoms with Crippen LogP contribution in [0, 0.1) is 5.92 Å². The van der Waals surface area contributed by atoms with E-state index < -0.39 is 11.9 Å². The molecule has 6 heteroatoms. The number of piperidine rings is 1. The number of urea groups is 1. The van der Waals surface area contributed by atoms with Gasteiger partial charge in [-0.05, 0) is 32.2 Å². The van der Waals surface area contributed by atoms with Crippen LogP contribution in [0.5, 0.6) is 0 Å².